The van der Waals surface area contributed by atoms with Gasteiger partial charge in [0.25, 0.3) is 11.1 Å². The zero-order valence-corrected chi connectivity index (χ0v) is 17.1. The maximum atomic E-state index is 13.1. The number of anilines is 1. The molecule has 1 fully saturated rings. The van der Waals surface area contributed by atoms with Gasteiger partial charge in [-0.05, 0) is 59.8 Å². The van der Waals surface area contributed by atoms with Crippen LogP contribution in [0.3, 0.4) is 0 Å². The lowest BCUT2D eigenvalue weighted by molar-refractivity contribution is -0.113. The van der Waals surface area contributed by atoms with Crippen molar-refractivity contribution >= 4 is 46.3 Å². The van der Waals surface area contributed by atoms with Crippen LogP contribution in [0.1, 0.15) is 11.1 Å². The molecule has 0 radical (unpaired) electrons. The zero-order valence-electron chi connectivity index (χ0n) is 15.5. The highest BCUT2D eigenvalue weighted by Crippen LogP contribution is 2.37. The third-order valence-corrected chi connectivity index (χ3v) is 5.48. The van der Waals surface area contributed by atoms with Crippen LogP contribution >= 0.6 is 23.4 Å². The Labute approximate surface area is 181 Å². The molecule has 1 aliphatic heterocycles. The molecular weight excluding hydrogens is 425 g/mol. The first-order valence-corrected chi connectivity index (χ1v) is 10.2. The van der Waals surface area contributed by atoms with Crippen molar-refractivity contribution in [3.05, 3.63) is 99.7 Å². The number of benzene rings is 3. The Morgan fingerprint density at radius 2 is 1.77 bits per heavy atom. The van der Waals surface area contributed by atoms with E-state index in [1.54, 1.807) is 54.6 Å². The largest absolute Gasteiger partial charge is 0.488 e. The first-order chi connectivity index (χ1) is 14.5. The fraction of sp³-hybridized carbons (Fsp3) is 0.0435. The number of carbonyl (C=O) groups excluding carboxylic acids is 2. The monoisotopic (exact) mass is 439 g/mol. The molecule has 0 unspecified atom stereocenters. The molecule has 30 heavy (non-hydrogen) atoms. The fourth-order valence-electron chi connectivity index (χ4n) is 2.92. The molecule has 0 bridgehead atoms. The second kappa shape index (κ2) is 8.73. The van der Waals surface area contributed by atoms with E-state index in [1.807, 2.05) is 12.1 Å². The van der Waals surface area contributed by atoms with Crippen LogP contribution in [0.15, 0.2) is 77.7 Å². The minimum absolute atomic E-state index is 0.245. The molecule has 3 aromatic rings. The number of halogens is 2. The molecule has 0 atom stereocenters. The summed E-state index contributed by atoms with van der Waals surface area (Å²) in [6.07, 6.45) is 1.63. The van der Waals surface area contributed by atoms with Gasteiger partial charge in [-0.15, -0.1) is 0 Å². The molecule has 7 heteroatoms. The van der Waals surface area contributed by atoms with Crippen LogP contribution in [0.5, 0.6) is 5.75 Å². The van der Waals surface area contributed by atoms with Crippen LogP contribution in [-0.4, -0.2) is 11.1 Å². The smallest absolute Gasteiger partial charge is 0.298 e. The lowest BCUT2D eigenvalue weighted by Crippen LogP contribution is -2.27. The number of thioether (sulfide) groups is 1. The first kappa shape index (κ1) is 20.2. The van der Waals surface area contributed by atoms with E-state index in [1.165, 1.54) is 12.1 Å². The highest BCUT2D eigenvalue weighted by molar-refractivity contribution is 8.19. The molecule has 0 spiro atoms. The number of imide groups is 1. The van der Waals surface area contributed by atoms with Crippen LogP contribution in [-0.2, 0) is 11.4 Å². The summed E-state index contributed by atoms with van der Waals surface area (Å²) in [6.45, 7) is 0.245. The van der Waals surface area contributed by atoms with Crippen LogP contribution < -0.4 is 9.64 Å². The van der Waals surface area contributed by atoms with E-state index in [9.17, 15) is 14.0 Å². The predicted octanol–water partition coefficient (Wildman–Crippen LogP) is 6.30. The van der Waals surface area contributed by atoms with E-state index < -0.39 is 11.1 Å². The van der Waals surface area contributed by atoms with Gasteiger partial charge >= 0.3 is 0 Å². The Morgan fingerprint density at radius 1 is 1.00 bits per heavy atom. The number of ether oxygens (including phenoxy) is 1. The van der Waals surface area contributed by atoms with E-state index in [0.29, 0.717) is 22.0 Å². The van der Waals surface area contributed by atoms with Gasteiger partial charge in [-0.25, -0.2) is 9.29 Å². The molecule has 1 aliphatic rings. The van der Waals surface area contributed by atoms with Crippen molar-refractivity contribution in [1.29, 1.82) is 0 Å². The molecule has 2 amide bonds. The van der Waals surface area contributed by atoms with Crippen LogP contribution in [0.4, 0.5) is 14.9 Å². The van der Waals surface area contributed by atoms with Gasteiger partial charge < -0.3 is 4.74 Å². The average Bonchev–Trinajstić information content (AvgIpc) is 3.01. The topological polar surface area (TPSA) is 46.6 Å². The molecule has 0 saturated carbocycles. The lowest BCUT2D eigenvalue weighted by atomic mass is 10.1. The van der Waals surface area contributed by atoms with Gasteiger partial charge in [0, 0.05) is 10.6 Å². The quantitative estimate of drug-likeness (QED) is 0.438. The molecule has 0 N–H and O–H groups in total. The average molecular weight is 440 g/mol. The summed E-state index contributed by atoms with van der Waals surface area (Å²) in [5, 5.41) is 0.0493. The lowest BCUT2D eigenvalue weighted by Gasteiger charge is -2.12. The maximum absolute atomic E-state index is 13.1. The Kier molecular flexibility index (Phi) is 5.88. The van der Waals surface area contributed by atoms with Gasteiger partial charge in [0.1, 0.15) is 18.2 Å². The van der Waals surface area contributed by atoms with E-state index in [-0.39, 0.29) is 17.3 Å². The van der Waals surface area contributed by atoms with Crippen LogP contribution in [0.25, 0.3) is 6.08 Å². The first-order valence-electron chi connectivity index (χ1n) is 9.01. The number of carbonyl (C=O) groups is 2. The summed E-state index contributed by atoms with van der Waals surface area (Å²) in [6, 6.07) is 19.8. The van der Waals surface area contributed by atoms with Gasteiger partial charge in [0.2, 0.25) is 0 Å². The summed E-state index contributed by atoms with van der Waals surface area (Å²) < 4.78 is 18.9. The van der Waals surface area contributed by atoms with Crippen molar-refractivity contribution in [2.24, 2.45) is 0 Å². The predicted molar refractivity (Wildman–Crippen MR) is 117 cm³/mol. The summed E-state index contributed by atoms with van der Waals surface area (Å²) in [7, 11) is 0. The summed E-state index contributed by atoms with van der Waals surface area (Å²) in [5.74, 6) is -0.174. The second-order valence-corrected chi connectivity index (χ2v) is 7.88. The van der Waals surface area contributed by atoms with E-state index >= 15 is 0 Å². The third-order valence-electron chi connectivity index (χ3n) is 4.37. The van der Waals surface area contributed by atoms with Crippen molar-refractivity contribution < 1.29 is 18.7 Å². The normalized spacial score (nSPS) is 15.1. The van der Waals surface area contributed by atoms with Crippen molar-refractivity contribution in [1.82, 2.24) is 0 Å². The Balaban J connectivity index is 1.57. The van der Waals surface area contributed by atoms with Crippen molar-refractivity contribution in [3.63, 3.8) is 0 Å². The molecule has 150 valence electrons. The molecule has 3 aromatic carbocycles. The summed E-state index contributed by atoms with van der Waals surface area (Å²) in [5.41, 5.74) is 1.90. The van der Waals surface area contributed by atoms with E-state index in [4.69, 9.17) is 16.3 Å². The number of hydrogen-bond donors (Lipinski definition) is 0. The highest BCUT2D eigenvalue weighted by Gasteiger charge is 2.36. The van der Waals surface area contributed by atoms with Crippen LogP contribution in [0.2, 0.25) is 5.02 Å². The van der Waals surface area contributed by atoms with E-state index in [2.05, 4.69) is 0 Å². The minimum atomic E-state index is -0.416. The van der Waals surface area contributed by atoms with Crippen molar-refractivity contribution in [2.75, 3.05) is 4.90 Å². The molecule has 0 aliphatic carbocycles. The van der Waals surface area contributed by atoms with Crippen LogP contribution in [0, 0.1) is 5.82 Å². The molecule has 1 saturated heterocycles. The van der Waals surface area contributed by atoms with Gasteiger partial charge in [-0.1, -0.05) is 48.0 Å². The number of rotatable bonds is 5. The maximum Gasteiger partial charge on any atom is 0.298 e. The van der Waals surface area contributed by atoms with Crippen molar-refractivity contribution in [2.45, 2.75) is 6.61 Å². The van der Waals surface area contributed by atoms with Gasteiger partial charge in [-0.3, -0.25) is 9.59 Å². The SMILES string of the molecule is O=C1S/C(=C/c2ccccc2OCc2ccc(F)cc2)C(=O)N1c1cccc(Cl)c1. The Hall–Kier alpha value is -3.09. The molecular formula is C23H15ClFNO3S. The zero-order chi connectivity index (χ0) is 21.1. The fourth-order valence-corrected chi connectivity index (χ4v) is 3.94. The summed E-state index contributed by atoms with van der Waals surface area (Å²) in [4.78, 5) is 26.7. The van der Waals surface area contributed by atoms with E-state index in [0.717, 1.165) is 22.2 Å². The number of para-hydroxylation sites is 1. The number of nitrogens with zero attached hydrogens (tertiary/aromatic N) is 1. The number of amides is 2. The molecule has 4 nitrogen and oxygen atoms in total. The Morgan fingerprint density at radius 3 is 2.53 bits per heavy atom. The third kappa shape index (κ3) is 4.40. The minimum Gasteiger partial charge on any atom is -0.488 e. The second-order valence-electron chi connectivity index (χ2n) is 6.45. The summed E-state index contributed by atoms with van der Waals surface area (Å²) >= 11 is 6.85. The van der Waals surface area contributed by atoms with Gasteiger partial charge in [0.05, 0.1) is 10.6 Å². The molecule has 4 rings (SSSR count). The van der Waals surface area contributed by atoms with Gasteiger partial charge in [-0.2, -0.15) is 0 Å². The molecule has 0 aromatic heterocycles. The number of hydrogen-bond acceptors (Lipinski definition) is 4. The van der Waals surface area contributed by atoms with Crippen molar-refractivity contribution in [3.8, 4) is 5.75 Å². The van der Waals surface area contributed by atoms with Gasteiger partial charge in [0.15, 0.2) is 0 Å². The standard InChI is InChI=1S/C23H15ClFNO3S/c24-17-5-3-6-19(13-17)26-22(27)21(30-23(26)28)12-16-4-1-2-7-20(16)29-14-15-8-10-18(25)11-9-15/h1-13H,14H2/b21-12+. The Bertz CT molecular complexity index is 1150. The molecule has 1 heterocycles. The highest BCUT2D eigenvalue weighted by atomic mass is 35.5.